The number of nitro benzene ring substituents is 1. The molecule has 7 heteroatoms. The van der Waals surface area contributed by atoms with Crippen molar-refractivity contribution in [3.63, 3.8) is 0 Å². The Bertz CT molecular complexity index is 431. The van der Waals surface area contributed by atoms with Crippen LogP contribution in [0.3, 0.4) is 0 Å². The highest BCUT2D eigenvalue weighted by molar-refractivity contribution is 7.85. The second-order valence-corrected chi connectivity index (χ2v) is 4.03. The minimum Gasteiger partial charge on any atom is -0.481 e. The molecule has 6 nitrogen and oxygen atoms in total. The number of aliphatic carboxylic acids is 1. The predicted octanol–water partition coefficient (Wildman–Crippen LogP) is 0.787. The van der Waals surface area contributed by atoms with Crippen LogP contribution in [-0.4, -0.2) is 26.0 Å². The summed E-state index contributed by atoms with van der Waals surface area (Å²) < 4.78 is 11.4. The maximum absolute atomic E-state index is 11.4. The van der Waals surface area contributed by atoms with Gasteiger partial charge in [0.15, 0.2) is 0 Å². The summed E-state index contributed by atoms with van der Waals surface area (Å²) in [6.45, 7) is 0. The minimum absolute atomic E-state index is 0.0649. The quantitative estimate of drug-likeness (QED) is 0.608. The van der Waals surface area contributed by atoms with Gasteiger partial charge in [-0.1, -0.05) is 12.1 Å². The summed E-state index contributed by atoms with van der Waals surface area (Å²) in [7, 11) is -1.89. The highest BCUT2D eigenvalue weighted by Gasteiger charge is 2.19. The van der Waals surface area contributed by atoms with E-state index in [-0.39, 0.29) is 10.6 Å². The fourth-order valence-electron chi connectivity index (χ4n) is 0.990. The monoisotopic (exact) mass is 229 g/mol. The third-order valence-corrected chi connectivity index (χ3v) is 2.91. The van der Waals surface area contributed by atoms with Gasteiger partial charge >= 0.3 is 5.97 Å². The molecule has 15 heavy (non-hydrogen) atoms. The number of benzene rings is 1. The van der Waals surface area contributed by atoms with Gasteiger partial charge in [0, 0.05) is 6.07 Å². The summed E-state index contributed by atoms with van der Waals surface area (Å²) in [6, 6.07) is 5.38. The Morgan fingerprint density at radius 2 is 2.07 bits per heavy atom. The molecule has 1 atom stereocenters. The van der Waals surface area contributed by atoms with Gasteiger partial charge in [-0.05, 0) is 6.07 Å². The Labute approximate surface area is 87.1 Å². The Morgan fingerprint density at radius 1 is 1.47 bits per heavy atom. The SMILES string of the molecule is O=C(O)C[S@@](=O)c1ccccc1[N+](=O)[O-]. The van der Waals surface area contributed by atoms with Crippen molar-refractivity contribution in [3.05, 3.63) is 34.4 Å². The van der Waals surface area contributed by atoms with Crippen LogP contribution in [0.2, 0.25) is 0 Å². The number of hydrogen-bond donors (Lipinski definition) is 1. The van der Waals surface area contributed by atoms with E-state index >= 15 is 0 Å². The third kappa shape index (κ3) is 2.84. The molecule has 0 spiro atoms. The van der Waals surface area contributed by atoms with Gasteiger partial charge in [0.1, 0.15) is 10.6 Å². The molecule has 0 saturated carbocycles. The number of rotatable bonds is 4. The van der Waals surface area contributed by atoms with Crippen molar-refractivity contribution < 1.29 is 19.0 Å². The second kappa shape index (κ2) is 4.65. The van der Waals surface area contributed by atoms with Crippen LogP contribution in [0.4, 0.5) is 5.69 Å². The van der Waals surface area contributed by atoms with Gasteiger partial charge in [-0.25, -0.2) is 0 Å². The van der Waals surface area contributed by atoms with E-state index in [4.69, 9.17) is 5.11 Å². The molecule has 80 valence electrons. The molecule has 0 amide bonds. The van der Waals surface area contributed by atoms with Crippen LogP contribution >= 0.6 is 0 Å². The molecule has 0 aliphatic rings. The molecular weight excluding hydrogens is 222 g/mol. The van der Waals surface area contributed by atoms with E-state index in [9.17, 15) is 19.1 Å². The number of carbonyl (C=O) groups is 1. The summed E-state index contributed by atoms with van der Waals surface area (Å²) in [6.07, 6.45) is 0. The number of hydrogen-bond acceptors (Lipinski definition) is 4. The highest BCUT2D eigenvalue weighted by Crippen LogP contribution is 2.21. The first-order valence-corrected chi connectivity index (χ1v) is 5.18. The molecular formula is C8H7NO5S. The molecule has 0 bridgehead atoms. The summed E-state index contributed by atoms with van der Waals surface area (Å²) in [5, 5.41) is 18.9. The van der Waals surface area contributed by atoms with E-state index in [2.05, 4.69) is 0 Å². The summed E-state index contributed by atoms with van der Waals surface area (Å²) >= 11 is 0. The Kier molecular flexibility index (Phi) is 3.51. The molecule has 0 heterocycles. The van der Waals surface area contributed by atoms with E-state index < -0.39 is 27.4 Å². The van der Waals surface area contributed by atoms with Gasteiger partial charge in [0.2, 0.25) is 0 Å². The van der Waals surface area contributed by atoms with Crippen LogP contribution in [0.25, 0.3) is 0 Å². The predicted molar refractivity (Wildman–Crippen MR) is 52.0 cm³/mol. The van der Waals surface area contributed by atoms with E-state index in [1.165, 1.54) is 24.3 Å². The minimum atomic E-state index is -1.89. The molecule has 0 saturated heterocycles. The number of nitrogens with zero attached hydrogens (tertiary/aromatic N) is 1. The zero-order valence-corrected chi connectivity index (χ0v) is 8.27. The van der Waals surface area contributed by atoms with Crippen molar-refractivity contribution in [2.24, 2.45) is 0 Å². The molecule has 0 aliphatic carbocycles. The molecule has 0 unspecified atom stereocenters. The molecule has 0 aromatic heterocycles. The molecule has 0 radical (unpaired) electrons. The second-order valence-electron chi connectivity index (χ2n) is 2.61. The number of nitro groups is 1. The smallest absolute Gasteiger partial charge is 0.316 e. The molecule has 1 N–H and O–H groups in total. The molecule has 1 aromatic rings. The van der Waals surface area contributed by atoms with Crippen molar-refractivity contribution in [3.8, 4) is 0 Å². The van der Waals surface area contributed by atoms with E-state index in [0.717, 1.165) is 0 Å². The zero-order chi connectivity index (χ0) is 11.4. The average molecular weight is 229 g/mol. The maximum Gasteiger partial charge on any atom is 0.316 e. The van der Waals surface area contributed by atoms with Gasteiger partial charge < -0.3 is 5.11 Å². The van der Waals surface area contributed by atoms with Crippen LogP contribution in [0, 0.1) is 10.1 Å². The van der Waals surface area contributed by atoms with Crippen molar-refractivity contribution >= 4 is 22.5 Å². The standard InChI is InChI=1S/C8H7NO5S/c10-8(11)5-15(14)7-4-2-1-3-6(7)9(12)13/h1-4H,5H2,(H,10,11)/t15-/m1/s1. The molecule has 1 aromatic carbocycles. The number of carboxylic acid groups (broad SMARTS) is 1. The lowest BCUT2D eigenvalue weighted by Crippen LogP contribution is -2.10. The van der Waals surface area contributed by atoms with Crippen molar-refractivity contribution in [1.82, 2.24) is 0 Å². The summed E-state index contributed by atoms with van der Waals surface area (Å²) in [5.41, 5.74) is -0.322. The Morgan fingerprint density at radius 3 is 2.60 bits per heavy atom. The van der Waals surface area contributed by atoms with Crippen molar-refractivity contribution in [2.75, 3.05) is 5.75 Å². The van der Waals surface area contributed by atoms with Crippen LogP contribution in [0.5, 0.6) is 0 Å². The van der Waals surface area contributed by atoms with Crippen LogP contribution in [-0.2, 0) is 15.6 Å². The zero-order valence-electron chi connectivity index (χ0n) is 7.45. The fourth-order valence-corrected chi connectivity index (χ4v) is 1.98. The van der Waals surface area contributed by atoms with Gasteiger partial charge in [-0.15, -0.1) is 0 Å². The first-order valence-electron chi connectivity index (χ1n) is 3.86. The van der Waals surface area contributed by atoms with Crippen LogP contribution in [0.15, 0.2) is 29.2 Å². The molecule has 0 fully saturated rings. The fraction of sp³-hybridized carbons (Fsp3) is 0.125. The summed E-state index contributed by atoms with van der Waals surface area (Å²) in [4.78, 5) is 20.1. The maximum atomic E-state index is 11.4. The first-order chi connectivity index (χ1) is 7.02. The molecule has 0 aliphatic heterocycles. The number of carboxylic acids is 1. The topological polar surface area (TPSA) is 97.5 Å². The van der Waals surface area contributed by atoms with Gasteiger partial charge in [0.05, 0.1) is 15.7 Å². The van der Waals surface area contributed by atoms with E-state index in [1.54, 1.807) is 0 Å². The van der Waals surface area contributed by atoms with Crippen molar-refractivity contribution in [2.45, 2.75) is 4.90 Å². The Balaban J connectivity index is 3.08. The van der Waals surface area contributed by atoms with Crippen molar-refractivity contribution in [1.29, 1.82) is 0 Å². The highest BCUT2D eigenvalue weighted by atomic mass is 32.2. The lowest BCUT2D eigenvalue weighted by molar-refractivity contribution is -0.387. The van der Waals surface area contributed by atoms with Crippen LogP contribution < -0.4 is 0 Å². The lowest BCUT2D eigenvalue weighted by atomic mass is 10.3. The summed E-state index contributed by atoms with van der Waals surface area (Å²) in [5.74, 6) is -1.89. The van der Waals surface area contributed by atoms with E-state index in [0.29, 0.717) is 0 Å². The third-order valence-electron chi connectivity index (χ3n) is 1.56. The van der Waals surface area contributed by atoms with Gasteiger partial charge in [-0.3, -0.25) is 19.1 Å². The van der Waals surface area contributed by atoms with Gasteiger partial charge in [-0.2, -0.15) is 0 Å². The van der Waals surface area contributed by atoms with Crippen LogP contribution in [0.1, 0.15) is 0 Å². The lowest BCUT2D eigenvalue weighted by Gasteiger charge is -1.99. The molecule has 1 rings (SSSR count). The number of para-hydroxylation sites is 1. The Hall–Kier alpha value is -1.76. The average Bonchev–Trinajstić information content (AvgIpc) is 2.16. The first kappa shape index (κ1) is 11.3. The normalized spacial score (nSPS) is 12.0. The van der Waals surface area contributed by atoms with E-state index in [1.807, 2.05) is 0 Å². The van der Waals surface area contributed by atoms with Gasteiger partial charge in [0.25, 0.3) is 5.69 Å². The largest absolute Gasteiger partial charge is 0.481 e.